The van der Waals surface area contributed by atoms with Crippen LogP contribution in [0.2, 0.25) is 0 Å². The lowest BCUT2D eigenvalue weighted by molar-refractivity contribution is -0.401. The quantitative estimate of drug-likeness (QED) is 0.00742. The van der Waals surface area contributed by atoms with Crippen LogP contribution in [-0.2, 0) is 73.2 Å². The molecule has 0 radical (unpaired) electrons. The lowest BCUT2D eigenvalue weighted by Crippen LogP contribution is -3.00. The molecule has 28 heteroatoms. The summed E-state index contributed by atoms with van der Waals surface area (Å²) in [5.74, 6) is -2.33. The third-order valence-corrected chi connectivity index (χ3v) is 25.1. The molecule has 6 heterocycles. The van der Waals surface area contributed by atoms with Crippen molar-refractivity contribution in [2.24, 2.45) is 23.3 Å². The highest BCUT2D eigenvalue weighted by Gasteiger charge is 2.53. The summed E-state index contributed by atoms with van der Waals surface area (Å²) < 4.78 is 63.7. The summed E-state index contributed by atoms with van der Waals surface area (Å²) in [5, 5.41) is 67.5. The Bertz CT molecular complexity index is 5840. The van der Waals surface area contributed by atoms with Gasteiger partial charge in [0.15, 0.2) is 29.5 Å². The van der Waals surface area contributed by atoms with Crippen molar-refractivity contribution in [3.63, 3.8) is 0 Å². The molecule has 4 aliphatic heterocycles. The van der Waals surface area contributed by atoms with Crippen LogP contribution in [0, 0.1) is 25.7 Å². The van der Waals surface area contributed by atoms with E-state index in [1.165, 1.54) is 64.2 Å². The summed E-state index contributed by atoms with van der Waals surface area (Å²) in [5.41, 5.74) is 18.8. The van der Waals surface area contributed by atoms with Crippen molar-refractivity contribution in [2.75, 3.05) is 32.7 Å². The van der Waals surface area contributed by atoms with E-state index in [2.05, 4.69) is 111 Å². The summed E-state index contributed by atoms with van der Waals surface area (Å²) in [6, 6.07) is 29.5. The van der Waals surface area contributed by atoms with Crippen LogP contribution >= 0.6 is 0 Å². The van der Waals surface area contributed by atoms with Gasteiger partial charge in [-0.1, -0.05) is 113 Å². The van der Waals surface area contributed by atoms with Crippen molar-refractivity contribution in [2.45, 2.75) is 247 Å². The molecule has 6 aromatic carbocycles. The number of anilines is 1. The molecule has 0 spiro atoms. The molecule has 12 rings (SSSR count). The number of rotatable bonds is 28. The Kier molecular flexibility index (Phi) is 31.7. The van der Waals surface area contributed by atoms with Crippen molar-refractivity contribution < 1.29 is 115 Å². The number of aryl methyl sites for hydroxylation is 3. The Morgan fingerprint density at radius 2 is 1.07 bits per heavy atom. The maximum atomic E-state index is 14.2. The number of para-hydroxylation sites is 2. The van der Waals surface area contributed by atoms with E-state index in [9.17, 15) is 68.6 Å². The van der Waals surface area contributed by atoms with Crippen molar-refractivity contribution >= 4 is 68.7 Å². The lowest BCUT2D eigenvalue weighted by Gasteiger charge is -2.47. The molecule has 4 aliphatic rings. The number of phenols is 2. The maximum absolute atomic E-state index is 14.2. The van der Waals surface area contributed by atoms with E-state index in [4.69, 9.17) is 50.1 Å². The normalized spacial score (nSPS) is 20.2. The van der Waals surface area contributed by atoms with Crippen LogP contribution in [0.4, 0.5) is 25.4 Å². The standard InChI is InChI=1S/C64H76N4O11.C35H43NO10.CH3F.ClH/c1-37(2)28-29-40-33-41(49(69)35-44-55(72)43-30-31-50(38(3)57(43)77-59(44)74)76-60-56(73)58(78-61(65)75)39(4)64(9,10)79-60)34-42(54(40)71)36-66(11)53(70)27-14-13-19-32-68-48-24-18-16-22-46(48)63(7,8)52(68)26-20-25-51-62(5,6)45-21-15-17-23-47(45)67(51)12;1-8-9-20-14-22(15-21(27(20)38)11-10-17(2)3)25(37)16-24-28(39)23-12-13-26(18(4)30(23)44-32(24)41)43-33-29(40)31(45-34(36)42)19(5)35(6,7)46-33;1-2;/h15-18,20-26,28,30-31,33-34,39,56,58,60,73H,13-14,19,27,29,32,35-36H2,1-12H3,(H3-,65,69,71,72,74,75);10,12-15,19,29,31,33,38-40H,8-9,11,16H2,1-7H3,(H2,36,42);1H3;1H/t39-,56-,58-,60-;19-,29-,31-,33-;;/m11../s1/i;;1D;. The van der Waals surface area contributed by atoms with Gasteiger partial charge in [0.25, 0.3) is 0 Å². The van der Waals surface area contributed by atoms with E-state index in [-0.39, 0.29) is 97.3 Å². The number of primary amides is 2. The van der Waals surface area contributed by atoms with Gasteiger partial charge in [-0.05, 0) is 198 Å². The van der Waals surface area contributed by atoms with Gasteiger partial charge < -0.3 is 102 Å². The van der Waals surface area contributed by atoms with Gasteiger partial charge in [-0.25, -0.2) is 19.2 Å². The first kappa shape index (κ1) is 98.6. The second kappa shape index (κ2) is 41.2. The monoisotopic (exact) mass is 1780 g/mol. The van der Waals surface area contributed by atoms with E-state index in [0.29, 0.717) is 71.0 Å². The Labute approximate surface area is 754 Å². The number of allylic oxidation sites excluding steroid dienone is 8. The van der Waals surface area contributed by atoms with Gasteiger partial charge >= 0.3 is 23.4 Å². The fourth-order valence-electron chi connectivity index (χ4n) is 17.1. The largest absolute Gasteiger partial charge is 1.00 e. The van der Waals surface area contributed by atoms with E-state index in [1.807, 2.05) is 46.8 Å². The second-order valence-electron chi connectivity index (χ2n) is 35.9. The molecule has 688 valence electrons. The SMILES string of the molecule is CC(C)=CCc1cc(C(=O)Cc2c(O)c3ccc(O[C@@H]4OC(C)(C)[C@H](C)[C@@H](OC(N)=O)[C@H]4O)c(C)c3oc2=O)cc(CN(C)C(=O)CCCCCN2C(=CC=CC3=[N+](C)c4ccccc4C3(C)C)C(C)(C)c3ccccc32)c1O.CCCc1cc(C(=O)Cc2c(O)c3ccc(O[C@@H]4OC(C)(C)[C@H](C)[C@@H](OC(N)=O)[C@H]4O)c(C)c3oc2=O)cc(CC=C(C)C)c1O.[2H]CF.[Cl-]. The highest BCUT2D eigenvalue weighted by Crippen LogP contribution is 2.49. The number of aromatic hydroxyl groups is 4. The summed E-state index contributed by atoms with van der Waals surface area (Å²) in [4.78, 5) is 95.4. The zero-order chi connectivity index (χ0) is 94.3. The molecular formula is C100H123ClFN5O21. The number of hydrogen-bond acceptors (Lipinski definition) is 22. The minimum atomic E-state index is -1.43. The topological polar surface area (TPSA) is 384 Å². The molecule has 2 fully saturated rings. The number of hydrogen-bond donors (Lipinski definition) is 8. The zero-order valence-corrected chi connectivity index (χ0v) is 77.3. The fourth-order valence-corrected chi connectivity index (χ4v) is 17.1. The van der Waals surface area contributed by atoms with Crippen LogP contribution < -0.4 is 49.5 Å². The second-order valence-corrected chi connectivity index (χ2v) is 35.9. The molecule has 8 atom stereocenters. The number of Topliss-reactive ketones (excluding diaryl/α,β-unsaturated/α-hetero) is 2. The molecule has 128 heavy (non-hydrogen) atoms. The van der Waals surface area contributed by atoms with Crippen molar-refractivity contribution in [3.05, 3.63) is 232 Å². The molecule has 3 amide bonds. The molecule has 0 unspecified atom stereocenters. The number of amides is 3. The Morgan fingerprint density at radius 3 is 1.53 bits per heavy atom. The summed E-state index contributed by atoms with van der Waals surface area (Å²) in [6.07, 6.45) is 4.75. The number of unbranched alkanes of at least 4 members (excludes halogenated alkanes) is 2. The summed E-state index contributed by atoms with van der Waals surface area (Å²) in [6.45, 7) is 33.4. The van der Waals surface area contributed by atoms with Crippen LogP contribution in [0.25, 0.3) is 21.9 Å². The van der Waals surface area contributed by atoms with Crippen LogP contribution in [0.5, 0.6) is 34.5 Å². The minimum Gasteiger partial charge on any atom is -1.00 e. The number of nitrogens with two attached hydrogens (primary N) is 2. The molecular weight excluding hydrogens is 1660 g/mol. The van der Waals surface area contributed by atoms with Gasteiger partial charge in [0.2, 0.25) is 24.2 Å². The summed E-state index contributed by atoms with van der Waals surface area (Å²) in [7, 11) is 2.81. The molecule has 0 saturated carbocycles. The van der Waals surface area contributed by atoms with Gasteiger partial charge in [0.1, 0.15) is 64.9 Å². The van der Waals surface area contributed by atoms with Gasteiger partial charge in [0.05, 0.1) is 47.0 Å². The number of fused-ring (bicyclic) bond motifs is 4. The first-order valence-corrected chi connectivity index (χ1v) is 42.8. The number of halogens is 2. The third kappa shape index (κ3) is 21.5. The number of carbonyl (C=O) groups excluding carboxylic acids is 5. The maximum Gasteiger partial charge on any atom is 0.404 e. The number of alkyl halides is 1. The molecule has 26 nitrogen and oxygen atoms in total. The van der Waals surface area contributed by atoms with Gasteiger partial charge in [-0.15, -0.1) is 0 Å². The first-order valence-electron chi connectivity index (χ1n) is 43.5. The number of aliphatic hydroxyl groups is 2. The van der Waals surface area contributed by atoms with Crippen molar-refractivity contribution in [1.82, 2.24) is 4.90 Å². The molecule has 8 aromatic rings. The number of carbonyl (C=O) groups is 5. The van der Waals surface area contributed by atoms with Crippen LogP contribution in [0.1, 0.15) is 214 Å². The number of benzene rings is 6. The van der Waals surface area contributed by atoms with E-state index in [1.54, 1.807) is 85.5 Å². The van der Waals surface area contributed by atoms with Crippen LogP contribution in [-0.4, -0.2) is 151 Å². The van der Waals surface area contributed by atoms with E-state index < -0.39 is 127 Å². The van der Waals surface area contributed by atoms with E-state index >= 15 is 0 Å². The number of ketones is 2. The molecule has 2 saturated heterocycles. The Morgan fingerprint density at radius 1 is 0.625 bits per heavy atom. The third-order valence-electron chi connectivity index (χ3n) is 25.1. The van der Waals surface area contributed by atoms with Crippen LogP contribution in [0.3, 0.4) is 0 Å². The molecule has 2 aromatic heterocycles. The Balaban J connectivity index is 0.000000319. The number of aliphatic hydroxyl groups excluding tert-OH is 2. The zero-order valence-electron chi connectivity index (χ0n) is 77.5. The predicted molar refractivity (Wildman–Crippen MR) is 485 cm³/mol. The first-order chi connectivity index (χ1) is 60.2. The van der Waals surface area contributed by atoms with Crippen LogP contribution in [0.15, 0.2) is 163 Å². The van der Waals surface area contributed by atoms with Gasteiger partial charge in [-0.3, -0.25) is 18.8 Å². The van der Waals surface area contributed by atoms with Gasteiger partial charge in [-0.2, -0.15) is 4.58 Å². The molecule has 0 bridgehead atoms. The smallest absolute Gasteiger partial charge is 0.404 e. The number of phenolic OH excluding ortho intramolecular Hbond substituents is 2. The Hall–Kier alpha value is -11.6. The highest BCUT2D eigenvalue weighted by atomic mass is 35.5. The number of nitrogens with zero attached hydrogens (tertiary/aromatic N) is 3. The average Bonchev–Trinajstić information content (AvgIpc) is 1.74. The summed E-state index contributed by atoms with van der Waals surface area (Å²) >= 11 is 0. The molecule has 10 N–H and O–H groups in total. The highest BCUT2D eigenvalue weighted by molar-refractivity contribution is 6.04. The van der Waals surface area contributed by atoms with E-state index in [0.717, 1.165) is 37.0 Å². The number of ether oxygens (including phenoxy) is 6. The van der Waals surface area contributed by atoms with Crippen molar-refractivity contribution in [3.8, 4) is 34.5 Å². The lowest BCUT2D eigenvalue weighted by atomic mass is 9.81. The fraction of sp³-hybridized carbons (Fsp3) is 0.440. The molecule has 0 aliphatic carbocycles. The average molecular weight is 1790 g/mol. The van der Waals surface area contributed by atoms with Gasteiger partial charge in [0, 0.05) is 114 Å². The van der Waals surface area contributed by atoms with Crippen molar-refractivity contribution in [1.29, 1.82) is 0 Å². The predicted octanol–water partition coefficient (Wildman–Crippen LogP) is 13.8. The minimum absolute atomic E-state index is 0.